The van der Waals surface area contributed by atoms with Gasteiger partial charge in [0.05, 0.1) is 12.6 Å². The number of hydrogen-bond acceptors (Lipinski definition) is 4. The summed E-state index contributed by atoms with van der Waals surface area (Å²) in [6, 6.07) is 7.95. The van der Waals surface area contributed by atoms with Gasteiger partial charge in [-0.1, -0.05) is 0 Å². The minimum Gasteiger partial charge on any atom is -0.494 e. The molecule has 2 heterocycles. The van der Waals surface area contributed by atoms with Gasteiger partial charge < -0.3 is 15.4 Å². The van der Waals surface area contributed by atoms with Crippen molar-refractivity contribution in [1.29, 1.82) is 0 Å². The highest BCUT2D eigenvalue weighted by molar-refractivity contribution is 5.92. The summed E-state index contributed by atoms with van der Waals surface area (Å²) in [5.41, 5.74) is 0.435. The first-order chi connectivity index (χ1) is 12.2. The first kappa shape index (κ1) is 17.4. The van der Waals surface area contributed by atoms with E-state index in [9.17, 15) is 9.18 Å². The van der Waals surface area contributed by atoms with Gasteiger partial charge in [0.25, 0.3) is 5.91 Å². The van der Waals surface area contributed by atoms with Gasteiger partial charge in [0.2, 0.25) is 0 Å². The van der Waals surface area contributed by atoms with Crippen LogP contribution in [0, 0.1) is 5.82 Å². The van der Waals surface area contributed by atoms with Gasteiger partial charge in [-0.05, 0) is 56.1 Å². The summed E-state index contributed by atoms with van der Waals surface area (Å²) < 4.78 is 20.1. The van der Waals surface area contributed by atoms with Crippen LogP contribution in [-0.4, -0.2) is 41.9 Å². The number of aromatic nitrogens is 2. The molecule has 6 nitrogen and oxygen atoms in total. The van der Waals surface area contributed by atoms with Crippen molar-refractivity contribution < 1.29 is 13.9 Å². The molecule has 0 aliphatic carbocycles. The van der Waals surface area contributed by atoms with Crippen LogP contribution in [0.2, 0.25) is 0 Å². The fourth-order valence-corrected chi connectivity index (χ4v) is 2.81. The van der Waals surface area contributed by atoms with Crippen molar-refractivity contribution in [2.75, 3.05) is 26.2 Å². The molecule has 1 fully saturated rings. The first-order valence-corrected chi connectivity index (χ1v) is 8.65. The van der Waals surface area contributed by atoms with Crippen molar-refractivity contribution in [2.24, 2.45) is 0 Å². The quantitative estimate of drug-likeness (QED) is 0.754. The molecule has 134 valence electrons. The van der Waals surface area contributed by atoms with E-state index < -0.39 is 0 Å². The Hall–Kier alpha value is -2.41. The van der Waals surface area contributed by atoms with Crippen molar-refractivity contribution in [3.8, 4) is 5.75 Å². The fourth-order valence-electron chi connectivity index (χ4n) is 2.81. The molecule has 3 rings (SSSR count). The van der Waals surface area contributed by atoms with E-state index in [4.69, 9.17) is 4.74 Å². The van der Waals surface area contributed by atoms with E-state index in [1.165, 1.54) is 12.1 Å². The van der Waals surface area contributed by atoms with E-state index in [0.717, 1.165) is 25.9 Å². The third-order valence-corrected chi connectivity index (χ3v) is 4.18. The Morgan fingerprint density at radius 2 is 2.20 bits per heavy atom. The SMILES string of the molecule is O=C(NCCCOc1ccc(F)cc1)c1ccn(C2CCCNC2)n1. The summed E-state index contributed by atoms with van der Waals surface area (Å²) in [5.74, 6) is 0.153. The van der Waals surface area contributed by atoms with Crippen molar-refractivity contribution in [3.05, 3.63) is 48.0 Å². The Kier molecular flexibility index (Phi) is 6.00. The topological polar surface area (TPSA) is 68.2 Å². The van der Waals surface area contributed by atoms with Gasteiger partial charge >= 0.3 is 0 Å². The minimum absolute atomic E-state index is 0.177. The van der Waals surface area contributed by atoms with Crippen LogP contribution in [0.15, 0.2) is 36.5 Å². The second-order valence-corrected chi connectivity index (χ2v) is 6.09. The van der Waals surface area contributed by atoms with E-state index in [1.54, 1.807) is 18.2 Å². The highest BCUT2D eigenvalue weighted by atomic mass is 19.1. The summed E-state index contributed by atoms with van der Waals surface area (Å²) >= 11 is 0. The summed E-state index contributed by atoms with van der Waals surface area (Å²) in [6.45, 7) is 2.89. The Bertz CT molecular complexity index is 681. The van der Waals surface area contributed by atoms with Crippen LogP contribution in [0.4, 0.5) is 4.39 Å². The van der Waals surface area contributed by atoms with Crippen LogP contribution in [-0.2, 0) is 0 Å². The lowest BCUT2D eigenvalue weighted by atomic mass is 10.1. The predicted molar refractivity (Wildman–Crippen MR) is 92.2 cm³/mol. The van der Waals surface area contributed by atoms with Gasteiger partial charge in [-0.25, -0.2) is 4.39 Å². The number of hydrogen-bond donors (Lipinski definition) is 2. The van der Waals surface area contributed by atoms with Crippen molar-refractivity contribution in [3.63, 3.8) is 0 Å². The number of nitrogens with one attached hydrogen (secondary N) is 2. The van der Waals surface area contributed by atoms with Crippen molar-refractivity contribution in [2.45, 2.75) is 25.3 Å². The molecule has 1 unspecified atom stereocenters. The molecule has 1 amide bonds. The molecule has 1 saturated heterocycles. The van der Waals surface area contributed by atoms with Gasteiger partial charge in [-0.3, -0.25) is 9.48 Å². The molecule has 7 heteroatoms. The number of carbonyl (C=O) groups excluding carboxylic acids is 1. The third kappa shape index (κ3) is 5.03. The van der Waals surface area contributed by atoms with Crippen LogP contribution in [0.5, 0.6) is 5.75 Å². The van der Waals surface area contributed by atoms with Crippen LogP contribution >= 0.6 is 0 Å². The average Bonchev–Trinajstić information content (AvgIpc) is 3.14. The number of amides is 1. The number of ether oxygens (including phenoxy) is 1. The number of halogens is 1. The molecule has 1 aliphatic rings. The van der Waals surface area contributed by atoms with Crippen LogP contribution in [0.25, 0.3) is 0 Å². The summed E-state index contributed by atoms with van der Waals surface area (Å²) in [7, 11) is 0. The van der Waals surface area contributed by atoms with E-state index >= 15 is 0 Å². The monoisotopic (exact) mass is 346 g/mol. The standard InChI is InChI=1S/C18H23FN4O2/c19-14-4-6-16(7-5-14)25-12-2-10-21-18(24)17-8-11-23(22-17)15-3-1-9-20-13-15/h4-8,11,15,20H,1-3,9-10,12-13H2,(H,21,24). The molecule has 25 heavy (non-hydrogen) atoms. The van der Waals surface area contributed by atoms with Gasteiger partial charge in [0.15, 0.2) is 0 Å². The number of rotatable bonds is 7. The van der Waals surface area contributed by atoms with Gasteiger partial charge in [0, 0.05) is 19.3 Å². The molecular weight excluding hydrogens is 323 g/mol. The van der Waals surface area contributed by atoms with Gasteiger partial charge in [-0.2, -0.15) is 5.10 Å². The normalized spacial score (nSPS) is 17.2. The zero-order valence-corrected chi connectivity index (χ0v) is 14.1. The molecule has 1 atom stereocenters. The maximum Gasteiger partial charge on any atom is 0.271 e. The summed E-state index contributed by atoms with van der Waals surface area (Å²) in [5, 5.41) is 10.6. The van der Waals surface area contributed by atoms with E-state index in [2.05, 4.69) is 15.7 Å². The van der Waals surface area contributed by atoms with Crippen LogP contribution in [0.3, 0.4) is 0 Å². The molecule has 0 bridgehead atoms. The number of piperidine rings is 1. The second-order valence-electron chi connectivity index (χ2n) is 6.09. The largest absolute Gasteiger partial charge is 0.494 e. The van der Waals surface area contributed by atoms with E-state index in [1.807, 2.05) is 10.9 Å². The Morgan fingerprint density at radius 3 is 2.96 bits per heavy atom. The molecule has 2 aromatic rings. The van der Waals surface area contributed by atoms with E-state index in [-0.39, 0.29) is 11.7 Å². The Labute approximate surface area is 146 Å². The smallest absolute Gasteiger partial charge is 0.271 e. The van der Waals surface area contributed by atoms with E-state index in [0.29, 0.717) is 37.1 Å². The summed E-state index contributed by atoms with van der Waals surface area (Å²) in [6.07, 6.45) is 4.73. The third-order valence-electron chi connectivity index (χ3n) is 4.18. The number of nitrogens with zero attached hydrogens (tertiary/aromatic N) is 2. The maximum absolute atomic E-state index is 12.8. The lowest BCUT2D eigenvalue weighted by molar-refractivity contribution is 0.0945. The Balaban J connectivity index is 1.37. The molecule has 0 saturated carbocycles. The molecule has 0 radical (unpaired) electrons. The highest BCUT2D eigenvalue weighted by Gasteiger charge is 2.17. The lowest BCUT2D eigenvalue weighted by Crippen LogP contribution is -2.32. The summed E-state index contributed by atoms with van der Waals surface area (Å²) in [4.78, 5) is 12.1. The molecule has 1 aliphatic heterocycles. The van der Waals surface area contributed by atoms with Crippen LogP contribution < -0.4 is 15.4 Å². The zero-order valence-electron chi connectivity index (χ0n) is 14.1. The predicted octanol–water partition coefficient (Wildman–Crippen LogP) is 2.15. The number of carbonyl (C=O) groups is 1. The highest BCUT2D eigenvalue weighted by Crippen LogP contribution is 2.15. The molecule has 2 N–H and O–H groups in total. The van der Waals surface area contributed by atoms with Crippen LogP contribution in [0.1, 0.15) is 35.8 Å². The molecular formula is C18H23FN4O2. The maximum atomic E-state index is 12.8. The molecule has 0 spiro atoms. The fraction of sp³-hybridized carbons (Fsp3) is 0.444. The minimum atomic E-state index is -0.289. The van der Waals surface area contributed by atoms with Crippen molar-refractivity contribution in [1.82, 2.24) is 20.4 Å². The van der Waals surface area contributed by atoms with Gasteiger partial charge in [-0.15, -0.1) is 0 Å². The second kappa shape index (κ2) is 8.62. The van der Waals surface area contributed by atoms with Crippen molar-refractivity contribution >= 4 is 5.91 Å². The average molecular weight is 346 g/mol. The molecule has 1 aromatic carbocycles. The Morgan fingerprint density at radius 1 is 1.36 bits per heavy atom. The van der Waals surface area contributed by atoms with Gasteiger partial charge in [0.1, 0.15) is 17.3 Å². The first-order valence-electron chi connectivity index (χ1n) is 8.65. The zero-order chi connectivity index (χ0) is 17.5. The molecule has 1 aromatic heterocycles. The lowest BCUT2D eigenvalue weighted by Gasteiger charge is -2.22. The number of benzene rings is 1.